The van der Waals surface area contributed by atoms with Gasteiger partial charge in [-0.25, -0.2) is 15.0 Å². The Balaban J connectivity index is 1.03. The maximum absolute atomic E-state index is 6.43. The van der Waals surface area contributed by atoms with E-state index in [-0.39, 0.29) is 0 Å². The van der Waals surface area contributed by atoms with Gasteiger partial charge in [-0.1, -0.05) is 48.5 Å². The third kappa shape index (κ3) is 5.35. The molecule has 0 amide bonds. The molecule has 0 atom stereocenters. The first-order valence-electron chi connectivity index (χ1n) is 14.5. The van der Waals surface area contributed by atoms with Crippen LogP contribution in [0.25, 0.3) is 22.2 Å². The zero-order valence-corrected chi connectivity index (χ0v) is 23.1. The Kier molecular flexibility index (Phi) is 6.98. The number of rotatable bonds is 8. The van der Waals surface area contributed by atoms with Crippen LogP contribution >= 0.6 is 0 Å². The Hall–Kier alpha value is -4.43. The van der Waals surface area contributed by atoms with Crippen molar-refractivity contribution in [3.8, 4) is 16.9 Å². The van der Waals surface area contributed by atoms with Gasteiger partial charge >= 0.3 is 0 Å². The lowest BCUT2D eigenvalue weighted by Crippen LogP contribution is -2.49. The van der Waals surface area contributed by atoms with Crippen molar-refractivity contribution in [2.75, 3.05) is 43.4 Å². The normalized spacial score (nSPS) is 19.3. The molecule has 8 nitrogen and oxygen atoms in total. The molecule has 2 aromatic carbocycles. The van der Waals surface area contributed by atoms with Gasteiger partial charge in [0.05, 0.1) is 5.39 Å². The van der Waals surface area contributed by atoms with E-state index in [4.69, 9.17) is 10.5 Å². The second kappa shape index (κ2) is 11.2. The molecule has 7 rings (SSSR count). The molecule has 0 radical (unpaired) electrons. The zero-order valence-electron chi connectivity index (χ0n) is 23.1. The van der Waals surface area contributed by atoms with Gasteiger partial charge in [-0.3, -0.25) is 4.90 Å². The number of benzene rings is 2. The number of nitrogens with zero attached hydrogens (tertiary/aromatic N) is 6. The second-order valence-electron chi connectivity index (χ2n) is 11.2. The van der Waals surface area contributed by atoms with Gasteiger partial charge in [-0.2, -0.15) is 0 Å². The van der Waals surface area contributed by atoms with Crippen molar-refractivity contribution in [1.29, 1.82) is 0 Å². The zero-order chi connectivity index (χ0) is 27.6. The molecular weight excluding hydrogens is 510 g/mol. The molecule has 2 fully saturated rings. The van der Waals surface area contributed by atoms with Gasteiger partial charge in [0, 0.05) is 56.7 Å². The largest absolute Gasteiger partial charge is 0.489 e. The summed E-state index contributed by atoms with van der Waals surface area (Å²) in [7, 11) is 0. The highest BCUT2D eigenvalue weighted by Crippen LogP contribution is 2.43. The predicted molar refractivity (Wildman–Crippen MR) is 163 cm³/mol. The standard InChI is InChI=1S/C33H35N7O/c34-32-31-29(26-9-6-10-28(19-26)41-22-24-7-2-1-3-8-24)21-40(33(31)37-23-36-32)27-17-25(18-27)20-38-13-15-39(16-14-38)30-11-4-5-12-35-30/h1-12,19,21,23,25,27H,13-18,20,22H2,(H2,34,36,37). The number of aromatic nitrogens is 4. The number of hydrogen-bond donors (Lipinski definition) is 1. The lowest BCUT2D eigenvalue weighted by atomic mass is 9.79. The Labute approximate surface area is 240 Å². The minimum absolute atomic E-state index is 0.415. The molecule has 5 aromatic rings. The summed E-state index contributed by atoms with van der Waals surface area (Å²) in [6.45, 7) is 5.91. The van der Waals surface area contributed by atoms with E-state index in [2.05, 4.69) is 71.9 Å². The van der Waals surface area contributed by atoms with E-state index in [9.17, 15) is 0 Å². The molecule has 1 aliphatic carbocycles. The fourth-order valence-electron chi connectivity index (χ4n) is 6.24. The first kappa shape index (κ1) is 25.5. The summed E-state index contributed by atoms with van der Waals surface area (Å²) in [5.41, 5.74) is 10.6. The summed E-state index contributed by atoms with van der Waals surface area (Å²) < 4.78 is 8.45. The smallest absolute Gasteiger partial charge is 0.146 e. The minimum Gasteiger partial charge on any atom is -0.489 e. The van der Waals surface area contributed by atoms with E-state index in [1.165, 1.54) is 0 Å². The van der Waals surface area contributed by atoms with Crippen LogP contribution in [-0.2, 0) is 6.61 Å². The van der Waals surface area contributed by atoms with Crippen molar-refractivity contribution in [3.63, 3.8) is 0 Å². The number of fused-ring (bicyclic) bond motifs is 1. The Morgan fingerprint density at radius 1 is 0.854 bits per heavy atom. The lowest BCUT2D eigenvalue weighted by molar-refractivity contribution is 0.126. The summed E-state index contributed by atoms with van der Waals surface area (Å²) in [4.78, 5) is 18.5. The van der Waals surface area contributed by atoms with Gasteiger partial charge in [-0.15, -0.1) is 0 Å². The van der Waals surface area contributed by atoms with Crippen LogP contribution in [0.3, 0.4) is 0 Å². The number of nitrogen functional groups attached to an aromatic ring is 1. The number of piperazine rings is 1. The minimum atomic E-state index is 0.415. The highest BCUT2D eigenvalue weighted by atomic mass is 16.5. The molecule has 2 N–H and O–H groups in total. The average Bonchev–Trinajstić information content (AvgIpc) is 3.40. The second-order valence-corrected chi connectivity index (χ2v) is 11.2. The summed E-state index contributed by atoms with van der Waals surface area (Å²) in [6.07, 6.45) is 7.97. The number of hydrogen-bond acceptors (Lipinski definition) is 7. The summed E-state index contributed by atoms with van der Waals surface area (Å²) in [6, 6.07) is 25.0. The molecule has 0 unspecified atom stereocenters. The molecule has 1 aliphatic heterocycles. The van der Waals surface area contributed by atoms with Crippen LogP contribution in [0.15, 0.2) is 91.5 Å². The van der Waals surface area contributed by atoms with Crippen LogP contribution in [0.1, 0.15) is 24.4 Å². The molecule has 1 saturated carbocycles. The highest BCUT2D eigenvalue weighted by molar-refractivity contribution is 6.00. The topological polar surface area (TPSA) is 85.3 Å². The SMILES string of the molecule is Nc1ncnc2c1c(-c1cccc(OCc3ccccc3)c1)cn2C1CC(CN2CCN(c3ccccn3)CC2)C1. The summed E-state index contributed by atoms with van der Waals surface area (Å²) in [5.74, 6) is 3.12. The van der Waals surface area contributed by atoms with Gasteiger partial charge in [0.2, 0.25) is 0 Å². The van der Waals surface area contributed by atoms with E-state index in [1.807, 2.05) is 42.6 Å². The molecular formula is C33H35N7O. The van der Waals surface area contributed by atoms with Crippen molar-refractivity contribution in [2.24, 2.45) is 5.92 Å². The first-order valence-corrected chi connectivity index (χ1v) is 14.5. The van der Waals surface area contributed by atoms with Crippen LogP contribution in [0.2, 0.25) is 0 Å². The fraction of sp³-hybridized carbons (Fsp3) is 0.303. The van der Waals surface area contributed by atoms with Crippen LogP contribution in [-0.4, -0.2) is 57.1 Å². The van der Waals surface area contributed by atoms with E-state index in [0.717, 1.165) is 84.9 Å². The molecule has 3 aromatic heterocycles. The van der Waals surface area contributed by atoms with Gasteiger partial charge < -0.3 is 19.9 Å². The third-order valence-corrected chi connectivity index (χ3v) is 8.50. The maximum atomic E-state index is 6.43. The summed E-state index contributed by atoms with van der Waals surface area (Å²) in [5, 5.41) is 0.918. The first-order chi connectivity index (χ1) is 20.2. The van der Waals surface area contributed by atoms with Gasteiger partial charge in [0.25, 0.3) is 0 Å². The van der Waals surface area contributed by atoms with E-state index in [0.29, 0.717) is 24.4 Å². The highest BCUT2D eigenvalue weighted by Gasteiger charge is 2.34. The van der Waals surface area contributed by atoms with Gasteiger partial charge in [-0.05, 0) is 54.2 Å². The van der Waals surface area contributed by atoms with E-state index < -0.39 is 0 Å². The van der Waals surface area contributed by atoms with Crippen molar-refractivity contribution >= 4 is 22.7 Å². The fourth-order valence-corrected chi connectivity index (χ4v) is 6.24. The van der Waals surface area contributed by atoms with Crippen molar-refractivity contribution in [3.05, 3.63) is 97.1 Å². The van der Waals surface area contributed by atoms with Gasteiger partial charge in [0.1, 0.15) is 36.0 Å². The Morgan fingerprint density at radius 3 is 2.49 bits per heavy atom. The predicted octanol–water partition coefficient (Wildman–Crippen LogP) is 5.43. The monoisotopic (exact) mass is 545 g/mol. The van der Waals surface area contributed by atoms with E-state index in [1.54, 1.807) is 6.33 Å². The number of pyridine rings is 1. The molecule has 0 spiro atoms. The number of nitrogens with two attached hydrogens (primary N) is 1. The van der Waals surface area contributed by atoms with Crippen LogP contribution in [0.4, 0.5) is 11.6 Å². The van der Waals surface area contributed by atoms with Crippen LogP contribution in [0, 0.1) is 5.92 Å². The van der Waals surface area contributed by atoms with Crippen LogP contribution in [0.5, 0.6) is 5.75 Å². The average molecular weight is 546 g/mol. The molecule has 208 valence electrons. The third-order valence-electron chi connectivity index (χ3n) is 8.50. The molecule has 2 aliphatic rings. The van der Waals surface area contributed by atoms with Crippen LogP contribution < -0.4 is 15.4 Å². The Bertz CT molecular complexity index is 1610. The molecule has 4 heterocycles. The maximum Gasteiger partial charge on any atom is 0.146 e. The van der Waals surface area contributed by atoms with Crippen molar-refractivity contribution in [1.82, 2.24) is 24.4 Å². The lowest BCUT2D eigenvalue weighted by Gasteiger charge is -2.42. The molecule has 0 bridgehead atoms. The quantitative estimate of drug-likeness (QED) is 0.278. The molecule has 41 heavy (non-hydrogen) atoms. The number of ether oxygens (including phenoxy) is 1. The summed E-state index contributed by atoms with van der Waals surface area (Å²) >= 11 is 0. The van der Waals surface area contributed by atoms with Crippen molar-refractivity contribution < 1.29 is 4.74 Å². The van der Waals surface area contributed by atoms with E-state index >= 15 is 0 Å². The Morgan fingerprint density at radius 2 is 1.68 bits per heavy atom. The van der Waals surface area contributed by atoms with Gasteiger partial charge in [0.15, 0.2) is 0 Å². The number of anilines is 2. The molecule has 8 heteroatoms. The van der Waals surface area contributed by atoms with Crippen molar-refractivity contribution in [2.45, 2.75) is 25.5 Å². The molecule has 1 saturated heterocycles.